The second-order valence-electron chi connectivity index (χ2n) is 4.97. The van der Waals surface area contributed by atoms with Crippen LogP contribution >= 0.6 is 0 Å². The zero-order valence-electron chi connectivity index (χ0n) is 12.5. The molecule has 0 bridgehead atoms. The van der Waals surface area contributed by atoms with E-state index in [9.17, 15) is 4.79 Å². The van der Waals surface area contributed by atoms with Gasteiger partial charge in [-0.15, -0.1) is 0 Å². The summed E-state index contributed by atoms with van der Waals surface area (Å²) < 4.78 is 0. The van der Waals surface area contributed by atoms with Crippen LogP contribution in [0.3, 0.4) is 0 Å². The van der Waals surface area contributed by atoms with Gasteiger partial charge in [0, 0.05) is 13.1 Å². The highest BCUT2D eigenvalue weighted by molar-refractivity contribution is 5.92. The van der Waals surface area contributed by atoms with Crippen LogP contribution in [0.2, 0.25) is 0 Å². The minimum absolute atomic E-state index is 0.153. The summed E-state index contributed by atoms with van der Waals surface area (Å²) in [5.74, 6) is -0.153. The molecule has 4 heteroatoms. The first-order valence-electron chi connectivity index (χ1n) is 7.23. The largest absolute Gasteiger partial charge is 0.384 e. The lowest BCUT2D eigenvalue weighted by molar-refractivity contribution is 0.0946. The Morgan fingerprint density at radius 1 is 1.19 bits per heavy atom. The van der Waals surface area contributed by atoms with Crippen molar-refractivity contribution in [1.29, 1.82) is 0 Å². The van der Waals surface area contributed by atoms with E-state index in [1.54, 1.807) is 12.3 Å². The highest BCUT2D eigenvalue weighted by Crippen LogP contribution is 2.08. The van der Waals surface area contributed by atoms with Gasteiger partial charge in [-0.1, -0.05) is 31.2 Å². The van der Waals surface area contributed by atoms with Crippen molar-refractivity contribution in [3.63, 3.8) is 0 Å². The number of rotatable bonds is 6. The molecule has 1 aromatic heterocycles. The van der Waals surface area contributed by atoms with Gasteiger partial charge in [0.15, 0.2) is 0 Å². The Bertz CT molecular complexity index is 593. The number of hydrogen-bond acceptors (Lipinski definition) is 3. The molecule has 1 heterocycles. The Hall–Kier alpha value is -2.36. The second-order valence-corrected chi connectivity index (χ2v) is 4.97. The van der Waals surface area contributed by atoms with Crippen molar-refractivity contribution in [1.82, 2.24) is 10.3 Å². The molecule has 110 valence electrons. The highest BCUT2D eigenvalue weighted by Gasteiger charge is 2.07. The predicted molar refractivity (Wildman–Crippen MR) is 85.4 cm³/mol. The van der Waals surface area contributed by atoms with Gasteiger partial charge in [-0.05, 0) is 36.6 Å². The zero-order valence-corrected chi connectivity index (χ0v) is 12.5. The number of carbonyl (C=O) groups is 1. The Morgan fingerprint density at radius 2 is 2.00 bits per heavy atom. The van der Waals surface area contributed by atoms with Gasteiger partial charge in [0.2, 0.25) is 0 Å². The van der Waals surface area contributed by atoms with Crippen LogP contribution in [-0.4, -0.2) is 17.4 Å². The van der Waals surface area contributed by atoms with Crippen molar-refractivity contribution in [3.8, 4) is 0 Å². The van der Waals surface area contributed by atoms with Crippen molar-refractivity contribution < 1.29 is 4.79 Å². The third kappa shape index (κ3) is 4.31. The minimum atomic E-state index is -0.153. The van der Waals surface area contributed by atoms with Crippen LogP contribution < -0.4 is 10.6 Å². The van der Waals surface area contributed by atoms with Gasteiger partial charge in [-0.3, -0.25) is 4.79 Å². The summed E-state index contributed by atoms with van der Waals surface area (Å²) in [5.41, 5.74) is 3.66. The summed E-state index contributed by atoms with van der Waals surface area (Å²) in [6.07, 6.45) is 2.75. The van der Waals surface area contributed by atoms with E-state index in [1.165, 1.54) is 5.56 Å². The second kappa shape index (κ2) is 7.43. The number of carbonyl (C=O) groups excluding carboxylic acids is 1. The first-order valence-corrected chi connectivity index (χ1v) is 7.23. The lowest BCUT2D eigenvalue weighted by Crippen LogP contribution is -2.24. The monoisotopic (exact) mass is 283 g/mol. The van der Waals surface area contributed by atoms with E-state index in [4.69, 9.17) is 0 Å². The normalized spacial score (nSPS) is 10.2. The van der Waals surface area contributed by atoms with E-state index < -0.39 is 0 Å². The van der Waals surface area contributed by atoms with E-state index in [-0.39, 0.29) is 5.91 Å². The van der Waals surface area contributed by atoms with Crippen LogP contribution in [0.5, 0.6) is 0 Å². The van der Waals surface area contributed by atoms with Crippen LogP contribution in [-0.2, 0) is 6.54 Å². The zero-order chi connectivity index (χ0) is 15.1. The molecule has 21 heavy (non-hydrogen) atoms. The molecule has 0 atom stereocenters. The molecule has 4 nitrogen and oxygen atoms in total. The molecular formula is C17H21N3O. The SMILES string of the molecule is CCCNc1ccc(C(=O)NCc2ccccc2C)nc1. The lowest BCUT2D eigenvalue weighted by atomic mass is 10.1. The molecule has 0 radical (unpaired) electrons. The molecule has 0 saturated heterocycles. The van der Waals surface area contributed by atoms with Gasteiger partial charge in [0.25, 0.3) is 5.91 Å². The van der Waals surface area contributed by atoms with E-state index in [1.807, 2.05) is 37.3 Å². The Morgan fingerprint density at radius 3 is 2.67 bits per heavy atom. The van der Waals surface area contributed by atoms with E-state index in [0.29, 0.717) is 12.2 Å². The molecule has 0 aliphatic rings. The first kappa shape index (κ1) is 15.0. The van der Waals surface area contributed by atoms with Crippen molar-refractivity contribution in [2.24, 2.45) is 0 Å². The number of aryl methyl sites for hydroxylation is 1. The fourth-order valence-corrected chi connectivity index (χ4v) is 1.98. The number of benzene rings is 1. The molecular weight excluding hydrogens is 262 g/mol. The molecule has 0 spiro atoms. The molecule has 2 rings (SSSR count). The van der Waals surface area contributed by atoms with Crippen molar-refractivity contribution in [2.45, 2.75) is 26.8 Å². The first-order chi connectivity index (χ1) is 10.2. The Labute approximate surface area is 125 Å². The molecule has 0 fully saturated rings. The summed E-state index contributed by atoms with van der Waals surface area (Å²) in [5, 5.41) is 6.13. The van der Waals surface area contributed by atoms with Gasteiger partial charge >= 0.3 is 0 Å². The maximum absolute atomic E-state index is 12.1. The Balaban J connectivity index is 1.93. The molecule has 2 aromatic rings. The van der Waals surface area contributed by atoms with Gasteiger partial charge in [-0.2, -0.15) is 0 Å². The number of amides is 1. The average Bonchev–Trinajstić information content (AvgIpc) is 2.52. The number of nitrogens with one attached hydrogen (secondary N) is 2. The van der Waals surface area contributed by atoms with Crippen LogP contribution in [0.15, 0.2) is 42.6 Å². The van der Waals surface area contributed by atoms with Gasteiger partial charge in [0.1, 0.15) is 5.69 Å². The standard InChI is InChI=1S/C17H21N3O/c1-3-10-18-15-8-9-16(19-12-15)17(21)20-11-14-7-5-4-6-13(14)2/h4-9,12,18H,3,10-11H2,1-2H3,(H,20,21). The fraction of sp³-hybridized carbons (Fsp3) is 0.294. The highest BCUT2D eigenvalue weighted by atomic mass is 16.1. The summed E-state index contributed by atoms with van der Waals surface area (Å²) in [6, 6.07) is 11.6. The summed E-state index contributed by atoms with van der Waals surface area (Å²) in [7, 11) is 0. The number of pyridine rings is 1. The van der Waals surface area contributed by atoms with Gasteiger partial charge in [-0.25, -0.2) is 4.98 Å². The van der Waals surface area contributed by atoms with Crippen molar-refractivity contribution in [2.75, 3.05) is 11.9 Å². The average molecular weight is 283 g/mol. The molecule has 0 saturated carbocycles. The van der Waals surface area contributed by atoms with Crippen LogP contribution in [0.1, 0.15) is 35.0 Å². The smallest absolute Gasteiger partial charge is 0.270 e. The van der Waals surface area contributed by atoms with Crippen LogP contribution in [0, 0.1) is 6.92 Å². The predicted octanol–water partition coefficient (Wildman–Crippen LogP) is 3.14. The van der Waals surface area contributed by atoms with E-state index in [0.717, 1.165) is 24.2 Å². The van der Waals surface area contributed by atoms with Crippen molar-refractivity contribution >= 4 is 11.6 Å². The molecule has 1 aromatic carbocycles. The topological polar surface area (TPSA) is 54.0 Å². The quantitative estimate of drug-likeness (QED) is 0.856. The maximum Gasteiger partial charge on any atom is 0.270 e. The number of aromatic nitrogens is 1. The van der Waals surface area contributed by atoms with Crippen LogP contribution in [0.25, 0.3) is 0 Å². The summed E-state index contributed by atoms with van der Waals surface area (Å²) in [6.45, 7) is 5.56. The summed E-state index contributed by atoms with van der Waals surface area (Å²) in [4.78, 5) is 16.3. The van der Waals surface area contributed by atoms with E-state index >= 15 is 0 Å². The molecule has 0 aliphatic heterocycles. The van der Waals surface area contributed by atoms with Crippen molar-refractivity contribution in [3.05, 3.63) is 59.4 Å². The molecule has 0 unspecified atom stereocenters. The third-order valence-corrected chi connectivity index (χ3v) is 3.28. The summed E-state index contributed by atoms with van der Waals surface area (Å²) >= 11 is 0. The third-order valence-electron chi connectivity index (χ3n) is 3.28. The molecule has 1 amide bonds. The van der Waals surface area contributed by atoms with E-state index in [2.05, 4.69) is 22.5 Å². The Kier molecular flexibility index (Phi) is 5.32. The number of hydrogen-bond donors (Lipinski definition) is 2. The number of anilines is 1. The minimum Gasteiger partial charge on any atom is -0.384 e. The molecule has 2 N–H and O–H groups in total. The van der Waals surface area contributed by atoms with Gasteiger partial charge < -0.3 is 10.6 Å². The van der Waals surface area contributed by atoms with Gasteiger partial charge in [0.05, 0.1) is 11.9 Å². The van der Waals surface area contributed by atoms with Crippen LogP contribution in [0.4, 0.5) is 5.69 Å². The fourth-order valence-electron chi connectivity index (χ4n) is 1.98. The number of nitrogens with zero attached hydrogens (tertiary/aromatic N) is 1. The lowest BCUT2D eigenvalue weighted by Gasteiger charge is -2.08. The molecule has 0 aliphatic carbocycles. The maximum atomic E-state index is 12.1.